The average molecular weight is 599 g/mol. The molecule has 15 heteroatoms. The van der Waals surface area contributed by atoms with Gasteiger partial charge in [-0.3, -0.25) is 4.57 Å². The van der Waals surface area contributed by atoms with Crippen molar-refractivity contribution in [1.82, 2.24) is 19.5 Å². The van der Waals surface area contributed by atoms with Gasteiger partial charge in [-0.05, 0) is 36.3 Å². The molecule has 4 N–H and O–H groups in total. The van der Waals surface area contributed by atoms with Gasteiger partial charge in [0.05, 0.1) is 24.0 Å². The molecule has 4 atom stereocenters. The molecule has 1 spiro atoms. The number of rotatable bonds is 6. The van der Waals surface area contributed by atoms with Gasteiger partial charge in [-0.25, -0.2) is 19.1 Å². The molecule has 39 heavy (non-hydrogen) atoms. The van der Waals surface area contributed by atoms with Crippen molar-refractivity contribution < 1.29 is 26.2 Å². The number of hydrogen-bond donors (Lipinski definition) is 2. The number of nitrogens with zero attached hydrogens (tertiary/aromatic N) is 4. The van der Waals surface area contributed by atoms with Gasteiger partial charge < -0.3 is 25.1 Å². The van der Waals surface area contributed by atoms with Gasteiger partial charge in [0, 0.05) is 0 Å². The lowest BCUT2D eigenvalue weighted by Gasteiger charge is -2.43. The van der Waals surface area contributed by atoms with Gasteiger partial charge in [0.2, 0.25) is 0 Å². The number of nitrogens with two attached hydrogens (primary N) is 2. The summed E-state index contributed by atoms with van der Waals surface area (Å²) in [6, 6.07) is 0. The van der Waals surface area contributed by atoms with Crippen LogP contribution in [0.3, 0.4) is 0 Å². The molecule has 1 fully saturated rings. The fraction of sp³-hybridized carbons (Fsp3) is 0.708. The first-order valence-corrected chi connectivity index (χ1v) is 20.3. The van der Waals surface area contributed by atoms with E-state index in [2.05, 4.69) is 82.7 Å². The van der Waals surface area contributed by atoms with Gasteiger partial charge in [-0.2, -0.15) is 8.42 Å². The van der Waals surface area contributed by atoms with Crippen molar-refractivity contribution in [2.45, 2.75) is 102 Å². The highest BCUT2D eigenvalue weighted by atomic mass is 32.2. The van der Waals surface area contributed by atoms with Crippen LogP contribution in [0.1, 0.15) is 47.8 Å². The van der Waals surface area contributed by atoms with E-state index in [-0.39, 0.29) is 28.2 Å². The van der Waals surface area contributed by atoms with Crippen molar-refractivity contribution in [3.8, 4) is 0 Å². The third-order valence-corrected chi connectivity index (χ3v) is 18.7. The molecular formula is C24H42N6O6SSi2. The third kappa shape index (κ3) is 5.06. The molecule has 1 unspecified atom stereocenters. The van der Waals surface area contributed by atoms with E-state index in [1.165, 1.54) is 12.7 Å². The molecule has 4 heterocycles. The van der Waals surface area contributed by atoms with Crippen molar-refractivity contribution >= 4 is 43.7 Å². The van der Waals surface area contributed by atoms with Gasteiger partial charge in [0.15, 0.2) is 39.9 Å². The number of ether oxygens (including phenoxy) is 1. The van der Waals surface area contributed by atoms with Crippen LogP contribution in [-0.2, 0) is 27.9 Å². The number of nitrogen functional groups attached to an aromatic ring is 1. The lowest BCUT2D eigenvalue weighted by molar-refractivity contribution is -0.0535. The fourth-order valence-electron chi connectivity index (χ4n) is 4.27. The highest BCUT2D eigenvalue weighted by Gasteiger charge is 2.67. The molecule has 0 radical (unpaired) electrons. The molecule has 0 amide bonds. The number of imidazole rings is 1. The number of aromatic nitrogens is 4. The summed E-state index contributed by atoms with van der Waals surface area (Å²) >= 11 is 0. The summed E-state index contributed by atoms with van der Waals surface area (Å²) in [5.74, 6) is 0.213. The summed E-state index contributed by atoms with van der Waals surface area (Å²) in [4.78, 5) is 12.8. The lowest BCUT2D eigenvalue weighted by atomic mass is 9.89. The molecule has 2 aromatic rings. The first kappa shape index (κ1) is 30.1. The minimum absolute atomic E-state index is 0.0103. The van der Waals surface area contributed by atoms with Crippen LogP contribution in [0, 0.1) is 0 Å². The fourth-order valence-corrected chi connectivity index (χ4v) is 7.78. The van der Waals surface area contributed by atoms with Gasteiger partial charge >= 0.3 is 0 Å². The second-order valence-electron chi connectivity index (χ2n) is 13.4. The van der Waals surface area contributed by atoms with Crippen molar-refractivity contribution in [2.24, 2.45) is 5.73 Å². The minimum Gasteiger partial charge on any atom is -0.414 e. The maximum absolute atomic E-state index is 12.9. The maximum Gasteiger partial charge on any atom is 0.292 e. The van der Waals surface area contributed by atoms with Crippen LogP contribution in [0.5, 0.6) is 0 Å². The van der Waals surface area contributed by atoms with Gasteiger partial charge in [-0.1, -0.05) is 41.5 Å². The predicted molar refractivity (Wildman–Crippen MR) is 154 cm³/mol. The molecule has 12 nitrogen and oxygen atoms in total. The molecule has 2 aliphatic rings. The van der Waals surface area contributed by atoms with Gasteiger partial charge in [0.1, 0.15) is 24.1 Å². The van der Waals surface area contributed by atoms with Crippen molar-refractivity contribution in [3.05, 3.63) is 23.8 Å². The Bertz CT molecular complexity index is 1400. The average Bonchev–Trinajstić information content (AvgIpc) is 3.38. The summed E-state index contributed by atoms with van der Waals surface area (Å²) in [5.41, 5.74) is 11.8. The van der Waals surface area contributed by atoms with Crippen LogP contribution in [-0.4, -0.2) is 69.0 Å². The van der Waals surface area contributed by atoms with Crippen molar-refractivity contribution in [1.29, 1.82) is 0 Å². The van der Waals surface area contributed by atoms with Crippen LogP contribution in [0.25, 0.3) is 11.2 Å². The first-order chi connectivity index (χ1) is 17.6. The van der Waals surface area contributed by atoms with Crippen LogP contribution in [0.2, 0.25) is 36.3 Å². The van der Waals surface area contributed by atoms with E-state index in [9.17, 15) is 8.42 Å². The topological polar surface area (TPSA) is 167 Å². The lowest BCUT2D eigenvalue weighted by Crippen LogP contribution is -2.59. The Hall–Kier alpha value is -1.89. The third-order valence-electron chi connectivity index (χ3n) is 8.73. The summed E-state index contributed by atoms with van der Waals surface area (Å²) < 4.78 is 53.5. The zero-order valence-electron chi connectivity index (χ0n) is 24.5. The summed E-state index contributed by atoms with van der Waals surface area (Å²) in [7, 11) is -8.94. The van der Waals surface area contributed by atoms with Crippen LogP contribution in [0.4, 0.5) is 5.82 Å². The monoisotopic (exact) mass is 598 g/mol. The molecule has 218 valence electrons. The second-order valence-corrected chi connectivity index (χ2v) is 24.4. The van der Waals surface area contributed by atoms with E-state index in [1.54, 1.807) is 4.57 Å². The standard InChI is InChI=1S/C24H42N6O6SSi2/c1-22(2,3)38(7,8)33-11-16-24(15(25)12-37(31,32)36-24)18(35-39(9,10)23(4,5)6)21(34-16)30-14-29-17-19(26)27-13-28-20(17)30/h12-14,16,18,21H,11,25H2,1-10H3,(H2,26,27,28)/t16-,18+,21-,24?/m1/s1. The number of anilines is 1. The van der Waals surface area contributed by atoms with Crippen LogP contribution >= 0.6 is 0 Å². The zero-order valence-corrected chi connectivity index (χ0v) is 27.3. The minimum atomic E-state index is -4.11. The van der Waals surface area contributed by atoms with E-state index in [1.807, 2.05) is 0 Å². The molecule has 2 aliphatic heterocycles. The van der Waals surface area contributed by atoms with Gasteiger partial charge in [0.25, 0.3) is 10.1 Å². The molecule has 4 rings (SSSR count). The van der Waals surface area contributed by atoms with Crippen molar-refractivity contribution in [3.63, 3.8) is 0 Å². The maximum atomic E-state index is 12.9. The molecule has 0 aliphatic carbocycles. The van der Waals surface area contributed by atoms with E-state index < -0.39 is 50.8 Å². The van der Waals surface area contributed by atoms with E-state index in [4.69, 9.17) is 29.2 Å². The smallest absolute Gasteiger partial charge is 0.292 e. The quantitative estimate of drug-likeness (QED) is 0.368. The number of hydrogen-bond acceptors (Lipinski definition) is 11. The Morgan fingerprint density at radius 3 is 2.18 bits per heavy atom. The summed E-state index contributed by atoms with van der Waals surface area (Å²) in [6.07, 6.45) is 0.112. The predicted octanol–water partition coefficient (Wildman–Crippen LogP) is 3.62. The highest BCUT2D eigenvalue weighted by molar-refractivity contribution is 7.90. The largest absolute Gasteiger partial charge is 0.414 e. The van der Waals surface area contributed by atoms with Crippen molar-refractivity contribution in [2.75, 3.05) is 12.3 Å². The molecule has 0 aromatic carbocycles. The molecular weight excluding hydrogens is 557 g/mol. The normalized spacial score (nSPS) is 27.9. The molecule has 0 bridgehead atoms. The summed E-state index contributed by atoms with van der Waals surface area (Å²) in [5, 5.41) is 0.647. The molecule has 1 saturated heterocycles. The Morgan fingerprint density at radius 1 is 1.03 bits per heavy atom. The number of fused-ring (bicyclic) bond motifs is 1. The Kier molecular flexibility index (Phi) is 7.19. The first-order valence-electron chi connectivity index (χ1n) is 13.0. The Labute approximate surface area is 232 Å². The van der Waals surface area contributed by atoms with Gasteiger partial charge in [-0.15, -0.1) is 0 Å². The summed E-state index contributed by atoms with van der Waals surface area (Å²) in [6.45, 7) is 21.1. The Balaban J connectivity index is 1.89. The van der Waals surface area contributed by atoms with E-state index in [0.29, 0.717) is 11.2 Å². The highest BCUT2D eigenvalue weighted by Crippen LogP contribution is 2.52. The SMILES string of the molecule is CC(C)(C)[Si](C)(C)OC[C@H]1O[C@@H](n2cnc3c(N)ncnc32)[C@H](O[Si](C)(C)C(C)(C)C)C12OS(=O)(=O)C=C2N. The Morgan fingerprint density at radius 2 is 1.64 bits per heavy atom. The van der Waals surface area contributed by atoms with Crippen LogP contribution in [0.15, 0.2) is 23.8 Å². The molecule has 0 saturated carbocycles. The van der Waals surface area contributed by atoms with E-state index in [0.717, 1.165) is 5.41 Å². The van der Waals surface area contributed by atoms with Crippen LogP contribution < -0.4 is 11.5 Å². The van der Waals surface area contributed by atoms with E-state index >= 15 is 0 Å². The molecule has 2 aromatic heterocycles. The second kappa shape index (κ2) is 9.32. The zero-order chi connectivity index (χ0) is 29.4.